The fourth-order valence-corrected chi connectivity index (χ4v) is 1.61. The van der Waals surface area contributed by atoms with Crippen LogP contribution < -0.4 is 5.32 Å². The van der Waals surface area contributed by atoms with Crippen molar-refractivity contribution in [3.8, 4) is 5.75 Å². The third-order valence-electron chi connectivity index (χ3n) is 2.58. The third kappa shape index (κ3) is 2.56. The number of nitrogens with zero attached hydrogens (tertiary/aromatic N) is 1. The summed E-state index contributed by atoms with van der Waals surface area (Å²) in [6.07, 6.45) is 0. The van der Waals surface area contributed by atoms with Crippen molar-refractivity contribution in [3.05, 3.63) is 64.0 Å². The number of hydrogen-bond donors (Lipinski definition) is 2. The van der Waals surface area contributed by atoms with Crippen LogP contribution in [0.1, 0.15) is 10.4 Å². The highest BCUT2D eigenvalue weighted by Gasteiger charge is 2.21. The maximum Gasteiger partial charge on any atom is 0.311 e. The zero-order valence-electron chi connectivity index (χ0n) is 10.0. The first-order valence-electron chi connectivity index (χ1n) is 5.53. The molecule has 102 valence electrons. The van der Waals surface area contributed by atoms with Gasteiger partial charge in [-0.05, 0) is 18.2 Å². The lowest BCUT2D eigenvalue weighted by atomic mass is 10.1. The molecular formula is C13H9FN2O4. The van der Waals surface area contributed by atoms with E-state index in [4.69, 9.17) is 0 Å². The molecule has 0 saturated heterocycles. The van der Waals surface area contributed by atoms with Gasteiger partial charge in [0.25, 0.3) is 5.91 Å². The van der Waals surface area contributed by atoms with Gasteiger partial charge < -0.3 is 10.4 Å². The van der Waals surface area contributed by atoms with Crippen molar-refractivity contribution in [2.24, 2.45) is 0 Å². The van der Waals surface area contributed by atoms with Crippen molar-refractivity contribution in [1.82, 2.24) is 0 Å². The van der Waals surface area contributed by atoms with Crippen molar-refractivity contribution in [2.75, 3.05) is 5.32 Å². The number of halogens is 1. The Labute approximate surface area is 112 Å². The van der Waals surface area contributed by atoms with E-state index in [1.807, 2.05) is 0 Å². The summed E-state index contributed by atoms with van der Waals surface area (Å²) < 4.78 is 13.4. The van der Waals surface area contributed by atoms with Gasteiger partial charge in [0.1, 0.15) is 5.82 Å². The number of carbonyl (C=O) groups is 1. The second kappa shape index (κ2) is 5.35. The first kappa shape index (κ1) is 13.5. The molecule has 2 aromatic carbocycles. The monoisotopic (exact) mass is 276 g/mol. The number of phenols is 1. The lowest BCUT2D eigenvalue weighted by Gasteiger charge is -2.07. The minimum Gasteiger partial charge on any atom is -0.502 e. The molecule has 20 heavy (non-hydrogen) atoms. The van der Waals surface area contributed by atoms with Crippen LogP contribution in [0.25, 0.3) is 0 Å². The average Bonchev–Trinajstić information content (AvgIpc) is 2.41. The van der Waals surface area contributed by atoms with Gasteiger partial charge in [-0.25, -0.2) is 4.39 Å². The predicted molar refractivity (Wildman–Crippen MR) is 69.1 cm³/mol. The summed E-state index contributed by atoms with van der Waals surface area (Å²) in [5.41, 5.74) is -0.975. The molecule has 0 spiro atoms. The first-order chi connectivity index (χ1) is 9.50. The number of nitrogens with one attached hydrogen (secondary N) is 1. The molecule has 0 aromatic heterocycles. The number of para-hydroxylation sites is 2. The summed E-state index contributed by atoms with van der Waals surface area (Å²) in [5.74, 6) is -2.24. The minimum absolute atomic E-state index is 0.0802. The molecule has 0 radical (unpaired) electrons. The van der Waals surface area contributed by atoms with Gasteiger partial charge in [-0.2, -0.15) is 0 Å². The zero-order valence-corrected chi connectivity index (χ0v) is 10.0. The van der Waals surface area contributed by atoms with E-state index in [1.54, 1.807) is 0 Å². The number of anilines is 1. The number of amides is 1. The van der Waals surface area contributed by atoms with Crippen LogP contribution >= 0.6 is 0 Å². The third-order valence-corrected chi connectivity index (χ3v) is 2.58. The van der Waals surface area contributed by atoms with Crippen molar-refractivity contribution < 1.29 is 19.2 Å². The maximum atomic E-state index is 13.4. The number of benzene rings is 2. The van der Waals surface area contributed by atoms with E-state index < -0.39 is 28.1 Å². The summed E-state index contributed by atoms with van der Waals surface area (Å²) in [6, 6.07) is 8.99. The molecule has 7 heteroatoms. The van der Waals surface area contributed by atoms with Gasteiger partial charge in [0.15, 0.2) is 0 Å². The molecule has 0 atom stereocenters. The number of carbonyl (C=O) groups excluding carboxylic acids is 1. The van der Waals surface area contributed by atoms with Crippen LogP contribution in [-0.2, 0) is 0 Å². The lowest BCUT2D eigenvalue weighted by Crippen LogP contribution is -2.13. The highest BCUT2D eigenvalue weighted by molar-refractivity contribution is 6.06. The molecule has 2 aromatic rings. The smallest absolute Gasteiger partial charge is 0.311 e. The summed E-state index contributed by atoms with van der Waals surface area (Å²) >= 11 is 0. The molecular weight excluding hydrogens is 267 g/mol. The van der Waals surface area contributed by atoms with E-state index >= 15 is 0 Å². The second-order valence-electron chi connectivity index (χ2n) is 3.86. The standard InChI is InChI=1S/C13H9FN2O4/c14-9-5-1-2-6-10(9)15-13(18)8-4-3-7-11(12(8)17)16(19)20/h1-7,17H,(H,15,18). The van der Waals surface area contributed by atoms with Gasteiger partial charge in [-0.3, -0.25) is 14.9 Å². The predicted octanol–water partition coefficient (Wildman–Crippen LogP) is 2.69. The van der Waals surface area contributed by atoms with Gasteiger partial charge in [0.2, 0.25) is 5.75 Å². The topological polar surface area (TPSA) is 92.5 Å². The molecule has 2 rings (SSSR count). The Hall–Kier alpha value is -2.96. The number of phenolic OH excluding ortho intramolecular Hbond substituents is 1. The highest BCUT2D eigenvalue weighted by atomic mass is 19.1. The fraction of sp³-hybridized carbons (Fsp3) is 0. The highest BCUT2D eigenvalue weighted by Crippen LogP contribution is 2.29. The zero-order chi connectivity index (χ0) is 14.7. The Bertz CT molecular complexity index is 688. The maximum absolute atomic E-state index is 13.4. The molecule has 6 nitrogen and oxygen atoms in total. The number of nitro benzene ring substituents is 1. The first-order valence-corrected chi connectivity index (χ1v) is 5.53. The van der Waals surface area contributed by atoms with Crippen LogP contribution in [0.15, 0.2) is 42.5 Å². The van der Waals surface area contributed by atoms with Crippen molar-refractivity contribution in [3.63, 3.8) is 0 Å². The Balaban J connectivity index is 2.33. The van der Waals surface area contributed by atoms with E-state index in [2.05, 4.69) is 5.32 Å². The molecule has 0 heterocycles. The van der Waals surface area contributed by atoms with Crippen LogP contribution in [0.3, 0.4) is 0 Å². The summed E-state index contributed by atoms with van der Waals surface area (Å²) in [4.78, 5) is 21.8. The second-order valence-corrected chi connectivity index (χ2v) is 3.86. The largest absolute Gasteiger partial charge is 0.502 e. The number of rotatable bonds is 3. The van der Waals surface area contributed by atoms with Crippen molar-refractivity contribution in [2.45, 2.75) is 0 Å². The van der Waals surface area contributed by atoms with E-state index in [-0.39, 0.29) is 11.3 Å². The SMILES string of the molecule is O=C(Nc1ccccc1F)c1cccc([N+](=O)[O-])c1O. The molecule has 2 N–H and O–H groups in total. The van der Waals surface area contributed by atoms with Gasteiger partial charge in [-0.1, -0.05) is 18.2 Å². The van der Waals surface area contributed by atoms with Crippen LogP contribution in [0, 0.1) is 15.9 Å². The Kier molecular flexibility index (Phi) is 3.60. The van der Waals surface area contributed by atoms with Crippen molar-refractivity contribution >= 4 is 17.3 Å². The molecule has 0 fully saturated rings. The molecule has 0 aliphatic rings. The average molecular weight is 276 g/mol. The number of nitro groups is 1. The quantitative estimate of drug-likeness (QED) is 0.665. The van der Waals surface area contributed by atoms with E-state index in [0.717, 1.165) is 12.1 Å². The van der Waals surface area contributed by atoms with Crippen LogP contribution in [0.4, 0.5) is 15.8 Å². The summed E-state index contributed by atoms with van der Waals surface area (Å²) in [5, 5.41) is 22.6. The molecule has 0 aliphatic carbocycles. The van der Waals surface area contributed by atoms with Gasteiger partial charge in [0.05, 0.1) is 16.2 Å². The van der Waals surface area contributed by atoms with Crippen LogP contribution in [0.2, 0.25) is 0 Å². The van der Waals surface area contributed by atoms with E-state index in [1.165, 1.54) is 30.3 Å². The minimum atomic E-state index is -0.837. The fourth-order valence-electron chi connectivity index (χ4n) is 1.61. The van der Waals surface area contributed by atoms with Gasteiger partial charge in [0, 0.05) is 6.07 Å². The Morgan fingerprint density at radius 1 is 1.20 bits per heavy atom. The summed E-state index contributed by atoms with van der Waals surface area (Å²) in [6.45, 7) is 0. The molecule has 0 unspecified atom stereocenters. The van der Waals surface area contributed by atoms with Crippen LogP contribution in [0.5, 0.6) is 5.75 Å². The Morgan fingerprint density at radius 2 is 1.90 bits per heavy atom. The normalized spacial score (nSPS) is 10.1. The van der Waals surface area contributed by atoms with Gasteiger partial charge in [-0.15, -0.1) is 0 Å². The number of aromatic hydroxyl groups is 1. The lowest BCUT2D eigenvalue weighted by molar-refractivity contribution is -0.385. The van der Waals surface area contributed by atoms with E-state index in [0.29, 0.717) is 0 Å². The van der Waals surface area contributed by atoms with Gasteiger partial charge >= 0.3 is 5.69 Å². The molecule has 0 bridgehead atoms. The van der Waals surface area contributed by atoms with E-state index in [9.17, 15) is 24.4 Å². The number of hydrogen-bond acceptors (Lipinski definition) is 4. The molecule has 0 aliphatic heterocycles. The molecule has 1 amide bonds. The van der Waals surface area contributed by atoms with Crippen molar-refractivity contribution in [1.29, 1.82) is 0 Å². The molecule has 0 saturated carbocycles. The van der Waals surface area contributed by atoms with Crippen LogP contribution in [-0.4, -0.2) is 15.9 Å². The summed E-state index contributed by atoms with van der Waals surface area (Å²) in [7, 11) is 0. The Morgan fingerprint density at radius 3 is 2.55 bits per heavy atom.